The van der Waals surface area contributed by atoms with Crippen LogP contribution in [0.25, 0.3) is 10.8 Å². The Bertz CT molecular complexity index is 776. The van der Waals surface area contributed by atoms with Gasteiger partial charge in [0.25, 0.3) is 0 Å². The van der Waals surface area contributed by atoms with E-state index in [0.717, 1.165) is 16.5 Å². The largest absolute Gasteiger partial charge is 0.485 e. The van der Waals surface area contributed by atoms with Gasteiger partial charge in [0.2, 0.25) is 0 Å². The summed E-state index contributed by atoms with van der Waals surface area (Å²) in [5.41, 5.74) is 1.38. The highest BCUT2D eigenvalue weighted by molar-refractivity contribution is 5.90. The number of aromatic nitrogens is 1. The van der Waals surface area contributed by atoms with Crippen molar-refractivity contribution in [1.82, 2.24) is 4.98 Å². The van der Waals surface area contributed by atoms with E-state index in [1.165, 1.54) is 0 Å². The summed E-state index contributed by atoms with van der Waals surface area (Å²) in [5.74, 6) is 0.622. The number of hydrogen-bond donors (Lipinski definition) is 0. The average Bonchev–Trinajstić information content (AvgIpc) is 2.53. The predicted molar refractivity (Wildman–Crippen MR) is 77.2 cm³/mol. The van der Waals surface area contributed by atoms with Crippen molar-refractivity contribution in [3.05, 3.63) is 72.1 Å². The van der Waals surface area contributed by atoms with Crippen molar-refractivity contribution >= 4 is 10.8 Å². The van der Waals surface area contributed by atoms with Gasteiger partial charge in [0, 0.05) is 11.6 Å². The fourth-order valence-corrected chi connectivity index (χ4v) is 2.12. The molecule has 3 nitrogen and oxygen atoms in total. The zero-order valence-electron chi connectivity index (χ0n) is 10.8. The predicted octanol–water partition coefficient (Wildman–Crippen LogP) is 3.69. The second-order valence-electron chi connectivity index (χ2n) is 4.38. The summed E-state index contributed by atoms with van der Waals surface area (Å²) < 4.78 is 5.84. The lowest BCUT2D eigenvalue weighted by molar-refractivity contribution is 0.304. The SMILES string of the molecule is N#Cc1ccc2ccccc2c1OCc1ccccn1. The maximum absolute atomic E-state index is 9.23. The molecule has 0 aliphatic rings. The highest BCUT2D eigenvalue weighted by Gasteiger charge is 2.09. The van der Waals surface area contributed by atoms with Crippen LogP contribution in [0, 0.1) is 11.3 Å². The lowest BCUT2D eigenvalue weighted by atomic mass is 10.1. The van der Waals surface area contributed by atoms with E-state index in [4.69, 9.17) is 4.74 Å². The smallest absolute Gasteiger partial charge is 0.145 e. The maximum atomic E-state index is 9.23. The van der Waals surface area contributed by atoms with Crippen LogP contribution in [0.15, 0.2) is 60.8 Å². The third kappa shape index (κ3) is 2.32. The first-order valence-corrected chi connectivity index (χ1v) is 6.33. The summed E-state index contributed by atoms with van der Waals surface area (Å²) in [6.45, 7) is 0.351. The summed E-state index contributed by atoms with van der Waals surface area (Å²) >= 11 is 0. The van der Waals surface area contributed by atoms with Crippen LogP contribution >= 0.6 is 0 Å². The summed E-state index contributed by atoms with van der Waals surface area (Å²) in [6, 6.07) is 19.5. The number of ether oxygens (including phenoxy) is 1. The summed E-state index contributed by atoms with van der Waals surface area (Å²) in [7, 11) is 0. The first-order valence-electron chi connectivity index (χ1n) is 6.33. The molecule has 0 spiro atoms. The molecule has 2 aromatic carbocycles. The molecule has 0 saturated heterocycles. The Morgan fingerprint density at radius 2 is 1.85 bits per heavy atom. The molecule has 0 fully saturated rings. The van der Waals surface area contributed by atoms with Crippen LogP contribution in [-0.4, -0.2) is 4.98 Å². The molecular formula is C17H12N2O. The van der Waals surface area contributed by atoms with E-state index in [1.807, 2.05) is 48.5 Å². The van der Waals surface area contributed by atoms with Crippen molar-refractivity contribution in [2.24, 2.45) is 0 Å². The van der Waals surface area contributed by atoms with Gasteiger partial charge in [-0.05, 0) is 23.6 Å². The van der Waals surface area contributed by atoms with E-state index < -0.39 is 0 Å². The molecule has 96 valence electrons. The van der Waals surface area contributed by atoms with Gasteiger partial charge < -0.3 is 4.74 Å². The van der Waals surface area contributed by atoms with Gasteiger partial charge in [0.1, 0.15) is 18.4 Å². The van der Waals surface area contributed by atoms with Gasteiger partial charge in [-0.25, -0.2) is 0 Å². The lowest BCUT2D eigenvalue weighted by Gasteiger charge is -2.10. The van der Waals surface area contributed by atoms with E-state index in [0.29, 0.717) is 17.9 Å². The van der Waals surface area contributed by atoms with Crippen molar-refractivity contribution in [3.8, 4) is 11.8 Å². The highest BCUT2D eigenvalue weighted by atomic mass is 16.5. The minimum Gasteiger partial charge on any atom is -0.485 e. The van der Waals surface area contributed by atoms with Crippen molar-refractivity contribution in [2.75, 3.05) is 0 Å². The topological polar surface area (TPSA) is 45.9 Å². The standard InChI is InChI=1S/C17H12N2O/c18-11-14-9-8-13-5-1-2-7-16(13)17(14)20-12-15-6-3-4-10-19-15/h1-10H,12H2. The number of pyridine rings is 1. The summed E-state index contributed by atoms with van der Waals surface area (Å²) in [6.07, 6.45) is 1.73. The lowest BCUT2D eigenvalue weighted by Crippen LogP contribution is -1.99. The van der Waals surface area contributed by atoms with Gasteiger partial charge in [-0.2, -0.15) is 5.26 Å². The number of hydrogen-bond acceptors (Lipinski definition) is 3. The number of fused-ring (bicyclic) bond motifs is 1. The van der Waals surface area contributed by atoms with Crippen molar-refractivity contribution in [3.63, 3.8) is 0 Å². The van der Waals surface area contributed by atoms with Crippen molar-refractivity contribution < 1.29 is 4.74 Å². The zero-order valence-corrected chi connectivity index (χ0v) is 10.8. The minimum atomic E-state index is 0.351. The molecule has 1 aromatic heterocycles. The van der Waals surface area contributed by atoms with Gasteiger partial charge >= 0.3 is 0 Å². The molecule has 0 N–H and O–H groups in total. The Kier molecular flexibility index (Phi) is 3.30. The fraction of sp³-hybridized carbons (Fsp3) is 0.0588. The number of nitrogens with zero attached hydrogens (tertiary/aromatic N) is 2. The van der Waals surface area contributed by atoms with Crippen LogP contribution < -0.4 is 4.74 Å². The van der Waals surface area contributed by atoms with Gasteiger partial charge in [0.05, 0.1) is 11.3 Å². The van der Waals surface area contributed by atoms with Crippen LogP contribution in [0.2, 0.25) is 0 Å². The molecule has 0 atom stereocenters. The molecule has 0 unspecified atom stereocenters. The van der Waals surface area contributed by atoms with E-state index >= 15 is 0 Å². The molecule has 20 heavy (non-hydrogen) atoms. The number of nitriles is 1. The molecule has 0 aliphatic carbocycles. The van der Waals surface area contributed by atoms with Crippen molar-refractivity contribution in [1.29, 1.82) is 5.26 Å². The molecule has 0 saturated carbocycles. The van der Waals surface area contributed by atoms with E-state index in [2.05, 4.69) is 11.1 Å². The molecule has 3 rings (SSSR count). The second-order valence-corrected chi connectivity index (χ2v) is 4.38. The van der Waals surface area contributed by atoms with Gasteiger partial charge in [-0.3, -0.25) is 4.98 Å². The third-order valence-corrected chi connectivity index (χ3v) is 3.09. The highest BCUT2D eigenvalue weighted by Crippen LogP contribution is 2.29. The van der Waals surface area contributed by atoms with Crippen LogP contribution in [0.3, 0.4) is 0 Å². The monoisotopic (exact) mass is 260 g/mol. The van der Waals surface area contributed by atoms with Crippen LogP contribution in [0.4, 0.5) is 0 Å². The number of benzene rings is 2. The van der Waals surface area contributed by atoms with Crippen LogP contribution in [0.1, 0.15) is 11.3 Å². The Labute approximate surface area is 117 Å². The fourth-order valence-electron chi connectivity index (χ4n) is 2.12. The maximum Gasteiger partial charge on any atom is 0.145 e. The Hall–Kier alpha value is -2.86. The second kappa shape index (κ2) is 5.41. The van der Waals surface area contributed by atoms with Crippen LogP contribution in [-0.2, 0) is 6.61 Å². The minimum absolute atomic E-state index is 0.351. The molecule has 0 aliphatic heterocycles. The van der Waals surface area contributed by atoms with E-state index in [9.17, 15) is 5.26 Å². The molecule has 0 radical (unpaired) electrons. The first kappa shape index (κ1) is 12.2. The zero-order chi connectivity index (χ0) is 13.8. The van der Waals surface area contributed by atoms with Crippen LogP contribution in [0.5, 0.6) is 5.75 Å². The Morgan fingerprint density at radius 1 is 1.00 bits per heavy atom. The molecule has 3 aromatic rings. The molecule has 1 heterocycles. The first-order chi connectivity index (χ1) is 9.88. The average molecular weight is 260 g/mol. The normalized spacial score (nSPS) is 10.2. The Balaban J connectivity index is 1.99. The summed E-state index contributed by atoms with van der Waals surface area (Å²) in [5, 5.41) is 11.2. The molecular weight excluding hydrogens is 248 g/mol. The molecule has 0 amide bonds. The van der Waals surface area contributed by atoms with E-state index in [-0.39, 0.29) is 0 Å². The van der Waals surface area contributed by atoms with Gasteiger partial charge in [-0.15, -0.1) is 0 Å². The third-order valence-electron chi connectivity index (χ3n) is 3.09. The molecule has 3 heteroatoms. The van der Waals surface area contributed by atoms with Crippen molar-refractivity contribution in [2.45, 2.75) is 6.61 Å². The summed E-state index contributed by atoms with van der Waals surface area (Å²) in [4.78, 5) is 4.22. The Morgan fingerprint density at radius 3 is 2.65 bits per heavy atom. The van der Waals surface area contributed by atoms with E-state index in [1.54, 1.807) is 12.3 Å². The van der Waals surface area contributed by atoms with Gasteiger partial charge in [0.15, 0.2) is 0 Å². The number of rotatable bonds is 3. The molecule has 0 bridgehead atoms. The quantitative estimate of drug-likeness (QED) is 0.721. The van der Waals surface area contributed by atoms with Gasteiger partial charge in [-0.1, -0.05) is 36.4 Å².